The van der Waals surface area contributed by atoms with Crippen molar-refractivity contribution >= 4 is 41.3 Å². The Hall–Kier alpha value is -1.35. The van der Waals surface area contributed by atoms with E-state index in [-0.39, 0.29) is 24.0 Å². The molecule has 1 heterocycles. The van der Waals surface area contributed by atoms with Gasteiger partial charge >= 0.3 is 0 Å². The Bertz CT molecular complexity index is 673. The van der Waals surface area contributed by atoms with Gasteiger partial charge in [0.2, 0.25) is 0 Å². The van der Waals surface area contributed by atoms with Crippen LogP contribution in [0.25, 0.3) is 0 Å². The van der Waals surface area contributed by atoms with Gasteiger partial charge in [0.1, 0.15) is 17.4 Å². The zero-order valence-corrected chi connectivity index (χ0v) is 18.4. The van der Waals surface area contributed by atoms with Crippen LogP contribution in [-0.4, -0.2) is 31.1 Å². The highest BCUT2D eigenvalue weighted by Gasteiger charge is 2.06. The molecule has 0 saturated carbocycles. The fourth-order valence-electron chi connectivity index (χ4n) is 2.10. The molecule has 0 aliphatic heterocycles. The maximum atomic E-state index is 5.77. The fraction of sp³-hybridized carbons (Fsp3) is 0.444. The summed E-state index contributed by atoms with van der Waals surface area (Å²) in [6.45, 7) is 8.30. The van der Waals surface area contributed by atoms with Crippen molar-refractivity contribution in [3.05, 3.63) is 45.9 Å². The van der Waals surface area contributed by atoms with E-state index in [0.717, 1.165) is 28.0 Å². The minimum Gasteiger partial charge on any atom is -0.491 e. The number of nitrogens with one attached hydrogen (secondary N) is 2. The first-order valence-electron chi connectivity index (χ1n) is 8.17. The number of hydrogen-bond acceptors (Lipinski definition) is 4. The highest BCUT2D eigenvalue weighted by Crippen LogP contribution is 2.17. The largest absolute Gasteiger partial charge is 0.491 e. The van der Waals surface area contributed by atoms with Gasteiger partial charge in [0.05, 0.1) is 18.8 Å². The molecule has 0 amide bonds. The highest BCUT2D eigenvalue weighted by atomic mass is 127. The average molecular weight is 474 g/mol. The molecule has 2 N–H and O–H groups in total. The zero-order chi connectivity index (χ0) is 17.4. The third kappa shape index (κ3) is 7.19. The van der Waals surface area contributed by atoms with Gasteiger partial charge in [-0.2, -0.15) is 0 Å². The smallest absolute Gasteiger partial charge is 0.191 e. The van der Waals surface area contributed by atoms with Crippen LogP contribution in [0.15, 0.2) is 34.6 Å². The zero-order valence-electron chi connectivity index (χ0n) is 15.2. The van der Waals surface area contributed by atoms with E-state index in [1.165, 1.54) is 0 Å². The van der Waals surface area contributed by atoms with Gasteiger partial charge in [-0.1, -0.05) is 32.0 Å². The summed E-state index contributed by atoms with van der Waals surface area (Å²) >= 11 is 1.68. The number of aryl methyl sites for hydroxylation is 1. The Morgan fingerprint density at radius 3 is 2.68 bits per heavy atom. The predicted octanol–water partition coefficient (Wildman–Crippen LogP) is 3.94. The molecule has 1 aromatic heterocycles. The molecule has 0 aliphatic rings. The Morgan fingerprint density at radius 2 is 2.04 bits per heavy atom. The standard InChI is InChI=1S/C18H26N4OS.HI/c1-13(2)15-12-24-17(22-15)11-21-18(19-4)20-9-10-23-16-8-6-5-7-14(16)3;/h5-8,12-13H,9-11H2,1-4H3,(H2,19,20,21);1H. The predicted molar refractivity (Wildman–Crippen MR) is 116 cm³/mol. The first-order valence-corrected chi connectivity index (χ1v) is 9.05. The monoisotopic (exact) mass is 474 g/mol. The third-order valence-electron chi connectivity index (χ3n) is 3.54. The molecule has 0 spiro atoms. The van der Waals surface area contributed by atoms with E-state index in [1.807, 2.05) is 31.2 Å². The number of aromatic nitrogens is 1. The number of halogens is 1. The lowest BCUT2D eigenvalue weighted by Crippen LogP contribution is -2.38. The molecule has 7 heteroatoms. The number of guanidine groups is 1. The Morgan fingerprint density at radius 1 is 1.28 bits per heavy atom. The van der Waals surface area contributed by atoms with E-state index in [4.69, 9.17) is 4.74 Å². The summed E-state index contributed by atoms with van der Waals surface area (Å²) in [5.74, 6) is 2.14. The first kappa shape index (κ1) is 21.7. The van der Waals surface area contributed by atoms with Gasteiger partial charge in [0, 0.05) is 12.4 Å². The van der Waals surface area contributed by atoms with Crippen LogP contribution in [0.1, 0.15) is 36.0 Å². The summed E-state index contributed by atoms with van der Waals surface area (Å²) in [5, 5.41) is 9.72. The molecule has 25 heavy (non-hydrogen) atoms. The Balaban J connectivity index is 0.00000312. The van der Waals surface area contributed by atoms with Crippen molar-refractivity contribution in [2.45, 2.75) is 33.2 Å². The number of hydrogen-bond donors (Lipinski definition) is 2. The van der Waals surface area contributed by atoms with Gasteiger partial charge in [0.15, 0.2) is 5.96 Å². The van der Waals surface area contributed by atoms with Gasteiger partial charge in [-0.05, 0) is 24.5 Å². The lowest BCUT2D eigenvalue weighted by molar-refractivity contribution is 0.320. The summed E-state index contributed by atoms with van der Waals surface area (Å²) < 4.78 is 5.77. The van der Waals surface area contributed by atoms with Crippen LogP contribution in [-0.2, 0) is 6.54 Å². The van der Waals surface area contributed by atoms with Gasteiger partial charge in [-0.3, -0.25) is 4.99 Å². The molecule has 0 fully saturated rings. The Labute approximate surface area is 171 Å². The second-order valence-corrected chi connectivity index (χ2v) is 6.73. The van der Waals surface area contributed by atoms with E-state index in [2.05, 4.69) is 39.8 Å². The molecule has 2 rings (SSSR count). The molecule has 0 radical (unpaired) electrons. The van der Waals surface area contributed by atoms with Crippen LogP contribution in [0.2, 0.25) is 0 Å². The topological polar surface area (TPSA) is 58.5 Å². The summed E-state index contributed by atoms with van der Waals surface area (Å²) in [6.07, 6.45) is 0. The Kier molecular flexibility index (Phi) is 9.81. The fourth-order valence-corrected chi connectivity index (χ4v) is 3.00. The average Bonchev–Trinajstić information content (AvgIpc) is 3.05. The number of aliphatic imine (C=N–C) groups is 1. The minimum atomic E-state index is 0. The molecule has 0 unspecified atom stereocenters. The minimum absolute atomic E-state index is 0. The second kappa shape index (κ2) is 11.3. The van der Waals surface area contributed by atoms with Crippen molar-refractivity contribution in [3.63, 3.8) is 0 Å². The highest BCUT2D eigenvalue weighted by molar-refractivity contribution is 14.0. The maximum absolute atomic E-state index is 5.77. The molecular weight excluding hydrogens is 447 g/mol. The third-order valence-corrected chi connectivity index (χ3v) is 4.40. The molecule has 1 aromatic carbocycles. The number of thiazole rings is 1. The van der Waals surface area contributed by atoms with Crippen LogP contribution >= 0.6 is 35.3 Å². The van der Waals surface area contributed by atoms with Crippen molar-refractivity contribution in [2.75, 3.05) is 20.2 Å². The van der Waals surface area contributed by atoms with Crippen LogP contribution in [0.3, 0.4) is 0 Å². The molecule has 0 saturated heterocycles. The van der Waals surface area contributed by atoms with Crippen LogP contribution in [0.4, 0.5) is 0 Å². The SMILES string of the molecule is CN=C(NCCOc1ccccc1C)NCc1nc(C(C)C)cs1.I. The van der Waals surface area contributed by atoms with E-state index in [9.17, 15) is 0 Å². The van der Waals surface area contributed by atoms with Crippen molar-refractivity contribution in [1.29, 1.82) is 0 Å². The van der Waals surface area contributed by atoms with E-state index >= 15 is 0 Å². The van der Waals surface area contributed by atoms with Crippen LogP contribution < -0.4 is 15.4 Å². The van der Waals surface area contributed by atoms with Gasteiger partial charge in [0.25, 0.3) is 0 Å². The quantitative estimate of drug-likeness (QED) is 0.276. The number of ether oxygens (including phenoxy) is 1. The molecular formula is C18H27IN4OS. The molecule has 0 aliphatic carbocycles. The van der Waals surface area contributed by atoms with Crippen LogP contribution in [0.5, 0.6) is 5.75 Å². The molecule has 138 valence electrons. The molecule has 2 aromatic rings. The molecule has 0 atom stereocenters. The molecule has 0 bridgehead atoms. The van der Waals surface area contributed by atoms with Gasteiger partial charge in [-0.25, -0.2) is 4.98 Å². The van der Waals surface area contributed by atoms with E-state index in [1.54, 1.807) is 18.4 Å². The second-order valence-electron chi connectivity index (χ2n) is 5.79. The lowest BCUT2D eigenvalue weighted by Gasteiger charge is -2.12. The van der Waals surface area contributed by atoms with Crippen molar-refractivity contribution in [2.24, 2.45) is 4.99 Å². The summed E-state index contributed by atoms with van der Waals surface area (Å²) in [5.41, 5.74) is 2.29. The number of nitrogens with zero attached hydrogens (tertiary/aromatic N) is 2. The number of para-hydroxylation sites is 1. The normalized spacial score (nSPS) is 11.2. The number of benzene rings is 1. The van der Waals surface area contributed by atoms with E-state index < -0.39 is 0 Å². The number of rotatable bonds is 7. The van der Waals surface area contributed by atoms with Crippen LogP contribution in [0, 0.1) is 6.92 Å². The maximum Gasteiger partial charge on any atom is 0.191 e. The van der Waals surface area contributed by atoms with Gasteiger partial charge < -0.3 is 15.4 Å². The summed E-state index contributed by atoms with van der Waals surface area (Å²) in [7, 11) is 1.76. The van der Waals surface area contributed by atoms with E-state index in [0.29, 0.717) is 25.6 Å². The van der Waals surface area contributed by atoms with Crippen molar-refractivity contribution in [3.8, 4) is 5.75 Å². The summed E-state index contributed by atoms with van der Waals surface area (Å²) in [4.78, 5) is 8.83. The lowest BCUT2D eigenvalue weighted by atomic mass is 10.2. The first-order chi connectivity index (χ1) is 11.6. The van der Waals surface area contributed by atoms with Gasteiger partial charge in [-0.15, -0.1) is 35.3 Å². The molecule has 5 nitrogen and oxygen atoms in total. The summed E-state index contributed by atoms with van der Waals surface area (Å²) in [6, 6.07) is 8.02. The van der Waals surface area contributed by atoms with Crippen molar-refractivity contribution in [1.82, 2.24) is 15.6 Å². The van der Waals surface area contributed by atoms with Crippen molar-refractivity contribution < 1.29 is 4.74 Å².